The van der Waals surface area contributed by atoms with Crippen LogP contribution < -0.4 is 0 Å². The molecule has 1 aliphatic heterocycles. The third-order valence-corrected chi connectivity index (χ3v) is 10.3. The molecule has 7 nitrogen and oxygen atoms in total. The van der Waals surface area contributed by atoms with Gasteiger partial charge in [0.25, 0.3) is 0 Å². The number of hydrogen-bond acceptors (Lipinski definition) is 5. The van der Waals surface area contributed by atoms with Gasteiger partial charge in [-0.2, -0.15) is 9.40 Å². The van der Waals surface area contributed by atoms with Crippen molar-refractivity contribution in [3.05, 3.63) is 88.5 Å². The van der Waals surface area contributed by atoms with Crippen molar-refractivity contribution in [3.8, 4) is 0 Å². The number of H-pyrrole nitrogens is 1. The second-order valence-corrected chi connectivity index (χ2v) is 14.0. The van der Waals surface area contributed by atoms with Crippen LogP contribution in [-0.2, 0) is 26.6 Å². The largest absolute Gasteiger partial charge is 0.383 e. The number of hydrogen-bond donors (Lipinski definition) is 1. The number of ether oxygens (including phenoxy) is 1. The first-order valence-electron chi connectivity index (χ1n) is 13.7. The number of aromatic amines is 1. The van der Waals surface area contributed by atoms with Crippen molar-refractivity contribution in [2.45, 2.75) is 50.0 Å². The molecule has 40 heavy (non-hydrogen) atoms. The smallest absolute Gasteiger partial charge is 0.243 e. The van der Waals surface area contributed by atoms with Gasteiger partial charge in [-0.3, -0.25) is 10.00 Å². The van der Waals surface area contributed by atoms with Crippen LogP contribution in [-0.4, -0.2) is 68.2 Å². The van der Waals surface area contributed by atoms with Gasteiger partial charge in [0.15, 0.2) is 0 Å². The third-order valence-electron chi connectivity index (χ3n) is 8.46. The summed E-state index contributed by atoms with van der Waals surface area (Å²) < 4.78 is 49.3. The summed E-state index contributed by atoms with van der Waals surface area (Å²) in [5, 5.41) is 7.39. The van der Waals surface area contributed by atoms with Gasteiger partial charge < -0.3 is 4.74 Å². The van der Waals surface area contributed by atoms with Gasteiger partial charge in [0.1, 0.15) is 5.82 Å². The van der Waals surface area contributed by atoms with E-state index in [1.54, 1.807) is 23.5 Å². The highest BCUT2D eigenvalue weighted by Gasteiger charge is 2.51. The van der Waals surface area contributed by atoms with E-state index in [1.807, 2.05) is 37.5 Å². The van der Waals surface area contributed by atoms with Gasteiger partial charge in [-0.05, 0) is 72.3 Å². The fraction of sp³-hybridized carbons (Fsp3) is 0.452. The second-order valence-electron chi connectivity index (χ2n) is 12.1. The van der Waals surface area contributed by atoms with Gasteiger partial charge in [-0.1, -0.05) is 50.6 Å². The number of fused-ring (bicyclic) bond motifs is 2. The maximum Gasteiger partial charge on any atom is 0.243 e. The van der Waals surface area contributed by atoms with E-state index in [1.165, 1.54) is 17.7 Å². The molecule has 2 aromatic carbocycles. The highest BCUT2D eigenvalue weighted by atomic mass is 32.2. The lowest BCUT2D eigenvalue weighted by molar-refractivity contribution is 0.0533. The minimum Gasteiger partial charge on any atom is -0.383 e. The number of aromatic nitrogens is 2. The number of likely N-dealkylation sites (N-methyl/N-ethyl adjacent to an activating group) is 1. The molecule has 0 spiro atoms. The highest BCUT2D eigenvalue weighted by molar-refractivity contribution is 7.89. The van der Waals surface area contributed by atoms with Crippen LogP contribution >= 0.6 is 0 Å². The Labute approximate surface area is 237 Å². The van der Waals surface area contributed by atoms with Gasteiger partial charge in [-0.15, -0.1) is 0 Å². The molecule has 1 saturated heterocycles. The summed E-state index contributed by atoms with van der Waals surface area (Å²) in [6.07, 6.45) is 5.18. The zero-order chi connectivity index (χ0) is 28.7. The Morgan fingerprint density at radius 2 is 1.85 bits per heavy atom. The molecule has 0 radical (unpaired) electrons. The first-order chi connectivity index (χ1) is 19.0. The Morgan fingerprint density at radius 1 is 1.15 bits per heavy atom. The average molecular weight is 567 g/mol. The van der Waals surface area contributed by atoms with Gasteiger partial charge in [0, 0.05) is 38.2 Å². The number of benzene rings is 2. The van der Waals surface area contributed by atoms with Crippen LogP contribution in [0, 0.1) is 11.2 Å². The lowest BCUT2D eigenvalue weighted by Crippen LogP contribution is -2.55. The van der Waals surface area contributed by atoms with Crippen molar-refractivity contribution < 1.29 is 17.5 Å². The van der Waals surface area contributed by atoms with Crippen molar-refractivity contribution in [2.24, 2.45) is 5.41 Å². The van der Waals surface area contributed by atoms with E-state index in [0.717, 1.165) is 22.4 Å². The van der Waals surface area contributed by atoms with E-state index in [0.29, 0.717) is 44.0 Å². The van der Waals surface area contributed by atoms with Crippen LogP contribution in [0.5, 0.6) is 0 Å². The molecule has 214 valence electrons. The molecule has 1 aliphatic carbocycles. The number of piperidine rings is 1. The van der Waals surface area contributed by atoms with E-state index in [9.17, 15) is 12.8 Å². The summed E-state index contributed by atoms with van der Waals surface area (Å²) in [7, 11) is -0.0626. The molecule has 3 aromatic rings. The van der Waals surface area contributed by atoms with Crippen LogP contribution in [0.3, 0.4) is 0 Å². The zero-order valence-electron chi connectivity index (χ0n) is 23.9. The van der Waals surface area contributed by atoms with Crippen molar-refractivity contribution in [3.63, 3.8) is 0 Å². The predicted octanol–water partition coefficient (Wildman–Crippen LogP) is 5.19. The molecule has 1 fully saturated rings. The highest BCUT2D eigenvalue weighted by Crippen LogP contribution is 2.53. The summed E-state index contributed by atoms with van der Waals surface area (Å²) in [6, 6.07) is 13.7. The SMILES string of the molecule is COCCN(C)[C@@H](c1ccc(F)cc1)C12Cc3cn[nH]c3C=C1CCN(S(=O)(=O)c1ccc(C(C)(C)C)cc1)C2. The molecule has 1 N–H and O–H groups in total. The van der Waals surface area contributed by atoms with Crippen LogP contribution in [0.25, 0.3) is 6.08 Å². The Hall–Kier alpha value is -2.85. The molecule has 1 unspecified atom stereocenters. The summed E-state index contributed by atoms with van der Waals surface area (Å²) in [6.45, 7) is 8.17. The summed E-state index contributed by atoms with van der Waals surface area (Å²) >= 11 is 0. The Morgan fingerprint density at radius 3 is 2.50 bits per heavy atom. The molecular formula is C31H39FN4O3S. The topological polar surface area (TPSA) is 78.5 Å². The first-order valence-corrected chi connectivity index (χ1v) is 15.2. The zero-order valence-corrected chi connectivity index (χ0v) is 24.8. The minimum absolute atomic E-state index is 0.0727. The van der Waals surface area contributed by atoms with E-state index in [2.05, 4.69) is 41.9 Å². The average Bonchev–Trinajstić information content (AvgIpc) is 3.37. The third kappa shape index (κ3) is 5.28. The molecular weight excluding hydrogens is 527 g/mol. The molecule has 1 aromatic heterocycles. The Balaban J connectivity index is 1.60. The molecule has 5 rings (SSSR count). The van der Waals surface area contributed by atoms with Gasteiger partial charge >= 0.3 is 0 Å². The minimum atomic E-state index is -3.76. The number of sulfonamides is 1. The van der Waals surface area contributed by atoms with Crippen LogP contribution in [0.15, 0.2) is 65.2 Å². The van der Waals surface area contributed by atoms with Gasteiger partial charge in [-0.25, -0.2) is 12.8 Å². The lowest BCUT2D eigenvalue weighted by atomic mass is 9.62. The second kappa shape index (κ2) is 10.9. The number of methoxy groups -OCH3 is 1. The monoisotopic (exact) mass is 566 g/mol. The van der Waals surface area contributed by atoms with Crippen molar-refractivity contribution in [1.29, 1.82) is 0 Å². The van der Waals surface area contributed by atoms with Crippen LogP contribution in [0.2, 0.25) is 0 Å². The maximum atomic E-state index is 14.1. The number of halogens is 1. The van der Waals surface area contributed by atoms with E-state index in [-0.39, 0.29) is 17.3 Å². The number of nitrogens with one attached hydrogen (secondary N) is 1. The molecule has 2 aliphatic rings. The molecule has 0 saturated carbocycles. The summed E-state index contributed by atoms with van der Waals surface area (Å²) in [5.74, 6) is -0.303. The molecule has 0 bridgehead atoms. The normalized spacial score (nSPS) is 20.6. The fourth-order valence-corrected chi connectivity index (χ4v) is 7.83. The van der Waals surface area contributed by atoms with Gasteiger partial charge in [0.05, 0.1) is 23.4 Å². The standard InChI is InChI=1S/C31H39FN4O3S/c1-30(2,3)24-8-12-27(13-9-24)40(37,38)36-15-14-25-18-28-23(20-33-34-28)19-31(25,21-36)29(35(4)16-17-39-5)22-6-10-26(32)11-7-22/h6-13,18,20,29H,14-17,19,21H2,1-5H3,(H,33,34)/t29-,31?/m0/s1. The Bertz CT molecular complexity index is 1480. The van der Waals surface area contributed by atoms with Crippen molar-refractivity contribution in [1.82, 2.24) is 19.4 Å². The summed E-state index contributed by atoms with van der Waals surface area (Å²) in [4.78, 5) is 2.51. The number of rotatable bonds is 8. The molecule has 0 amide bonds. The van der Waals surface area contributed by atoms with Crippen LogP contribution in [0.1, 0.15) is 55.6 Å². The van der Waals surface area contributed by atoms with Crippen LogP contribution in [0.4, 0.5) is 4.39 Å². The maximum absolute atomic E-state index is 14.1. The quantitative estimate of drug-likeness (QED) is 0.406. The van der Waals surface area contributed by atoms with Gasteiger partial charge in [0.2, 0.25) is 10.0 Å². The van der Waals surface area contributed by atoms with E-state index < -0.39 is 15.4 Å². The number of nitrogens with zero attached hydrogens (tertiary/aromatic N) is 3. The fourth-order valence-electron chi connectivity index (χ4n) is 6.32. The van der Waals surface area contributed by atoms with E-state index >= 15 is 0 Å². The predicted molar refractivity (Wildman–Crippen MR) is 155 cm³/mol. The Kier molecular flexibility index (Phi) is 7.78. The molecule has 9 heteroatoms. The van der Waals surface area contributed by atoms with Crippen molar-refractivity contribution >= 4 is 16.1 Å². The first kappa shape index (κ1) is 28.7. The molecule has 2 atom stereocenters. The lowest BCUT2D eigenvalue weighted by Gasteiger charge is -2.52. The van der Waals surface area contributed by atoms with Crippen molar-refractivity contribution in [2.75, 3.05) is 40.4 Å². The molecule has 2 heterocycles. The van der Waals surface area contributed by atoms with E-state index in [4.69, 9.17) is 4.74 Å². The summed E-state index contributed by atoms with van der Waals surface area (Å²) in [5.41, 5.74) is 4.55.